The number of aromatic amines is 1. The Morgan fingerprint density at radius 1 is 1.29 bits per heavy atom. The Balaban J connectivity index is 0.00000108. The Hall–Kier alpha value is -0.990. The van der Waals surface area contributed by atoms with E-state index in [1.54, 1.807) is 0 Å². The van der Waals surface area contributed by atoms with Crippen LogP contribution in [0.1, 0.15) is 25.3 Å². The minimum atomic E-state index is 0. The van der Waals surface area contributed by atoms with Gasteiger partial charge in [0.1, 0.15) is 0 Å². The second-order valence-electron chi connectivity index (χ2n) is 5.01. The van der Waals surface area contributed by atoms with E-state index < -0.39 is 0 Å². The summed E-state index contributed by atoms with van der Waals surface area (Å²) < 4.78 is 0. The van der Waals surface area contributed by atoms with Crippen LogP contribution in [-0.2, 0) is 6.54 Å². The largest absolute Gasteiger partial charge is 0.361 e. The lowest BCUT2D eigenvalue weighted by Gasteiger charge is -2.33. The summed E-state index contributed by atoms with van der Waals surface area (Å²) in [5.41, 5.74) is 2.66. The number of benzene rings is 1. The van der Waals surface area contributed by atoms with Crippen molar-refractivity contribution in [3.63, 3.8) is 0 Å². The van der Waals surface area contributed by atoms with Crippen LogP contribution >= 0.6 is 12.4 Å². The summed E-state index contributed by atoms with van der Waals surface area (Å²) in [5.74, 6) is 0.916. The first-order valence-electron chi connectivity index (χ1n) is 6.11. The molecule has 0 amide bonds. The maximum atomic E-state index is 3.63. The number of nitrogens with one attached hydrogen (secondary N) is 2. The Morgan fingerprint density at radius 2 is 2.12 bits per heavy atom. The van der Waals surface area contributed by atoms with Crippen molar-refractivity contribution in [2.45, 2.75) is 32.4 Å². The molecule has 3 rings (SSSR count). The molecule has 1 aromatic carbocycles. The van der Waals surface area contributed by atoms with Crippen molar-refractivity contribution >= 4 is 23.3 Å². The van der Waals surface area contributed by atoms with Gasteiger partial charge in [-0.15, -0.1) is 12.4 Å². The van der Waals surface area contributed by atoms with E-state index in [2.05, 4.69) is 41.5 Å². The van der Waals surface area contributed by atoms with Gasteiger partial charge in [0.25, 0.3) is 0 Å². The van der Waals surface area contributed by atoms with E-state index in [-0.39, 0.29) is 12.4 Å². The highest BCUT2D eigenvalue weighted by atomic mass is 35.5. The average molecular weight is 251 g/mol. The zero-order chi connectivity index (χ0) is 11.0. The van der Waals surface area contributed by atoms with Crippen LogP contribution < -0.4 is 5.32 Å². The summed E-state index contributed by atoms with van der Waals surface area (Å²) >= 11 is 0. The van der Waals surface area contributed by atoms with E-state index in [1.165, 1.54) is 29.3 Å². The summed E-state index contributed by atoms with van der Waals surface area (Å²) in [6.45, 7) is 3.30. The van der Waals surface area contributed by atoms with Gasteiger partial charge in [-0.2, -0.15) is 0 Å². The topological polar surface area (TPSA) is 27.8 Å². The van der Waals surface area contributed by atoms with Crippen molar-refractivity contribution in [2.75, 3.05) is 0 Å². The fourth-order valence-electron chi connectivity index (χ4n) is 2.62. The molecule has 0 atom stereocenters. The monoisotopic (exact) mass is 250 g/mol. The SMILES string of the molecule is CC1CC(NCc2cccc3cc[nH]c23)C1.Cl. The Morgan fingerprint density at radius 3 is 2.88 bits per heavy atom. The van der Waals surface area contributed by atoms with E-state index in [1.807, 2.05) is 6.20 Å². The number of rotatable bonds is 3. The normalized spacial score (nSPS) is 23.1. The Labute approximate surface area is 108 Å². The number of fused-ring (bicyclic) bond motifs is 1. The van der Waals surface area contributed by atoms with Crippen LogP contribution in [0.15, 0.2) is 30.5 Å². The van der Waals surface area contributed by atoms with Gasteiger partial charge in [0.05, 0.1) is 0 Å². The molecule has 1 heterocycles. The van der Waals surface area contributed by atoms with Crippen LogP contribution in [0, 0.1) is 5.92 Å². The fourth-order valence-corrected chi connectivity index (χ4v) is 2.62. The van der Waals surface area contributed by atoms with Crippen molar-refractivity contribution in [3.8, 4) is 0 Å². The standard InChI is InChI=1S/C14H18N2.ClH/c1-10-7-13(8-10)16-9-12-4-2-3-11-5-6-15-14(11)12;/h2-6,10,13,15-16H,7-9H2,1H3;1H. The maximum absolute atomic E-state index is 3.63. The van der Waals surface area contributed by atoms with Gasteiger partial charge in [0.15, 0.2) is 0 Å². The number of halogens is 1. The molecular weight excluding hydrogens is 232 g/mol. The molecule has 0 radical (unpaired) electrons. The van der Waals surface area contributed by atoms with Crippen molar-refractivity contribution in [1.82, 2.24) is 10.3 Å². The van der Waals surface area contributed by atoms with Crippen LogP contribution in [0.5, 0.6) is 0 Å². The predicted octanol–water partition coefficient (Wildman–Crippen LogP) is 3.48. The van der Waals surface area contributed by atoms with Crippen LogP contribution in [-0.4, -0.2) is 11.0 Å². The molecule has 1 aromatic heterocycles. The lowest BCUT2D eigenvalue weighted by atomic mass is 9.82. The molecule has 0 spiro atoms. The number of aromatic nitrogens is 1. The molecule has 2 N–H and O–H groups in total. The number of hydrogen-bond acceptors (Lipinski definition) is 1. The second-order valence-corrected chi connectivity index (χ2v) is 5.01. The molecule has 2 aromatic rings. The third-order valence-electron chi connectivity index (χ3n) is 3.63. The molecular formula is C14H19ClN2. The minimum absolute atomic E-state index is 0. The summed E-state index contributed by atoms with van der Waals surface area (Å²) in [7, 11) is 0. The van der Waals surface area contributed by atoms with Gasteiger partial charge in [0, 0.05) is 24.3 Å². The first-order valence-corrected chi connectivity index (χ1v) is 6.11. The molecule has 0 saturated heterocycles. The molecule has 1 saturated carbocycles. The summed E-state index contributed by atoms with van der Waals surface area (Å²) in [5, 5.41) is 4.93. The molecule has 1 aliphatic carbocycles. The minimum Gasteiger partial charge on any atom is -0.361 e. The van der Waals surface area contributed by atoms with Crippen molar-refractivity contribution in [1.29, 1.82) is 0 Å². The fraction of sp³-hybridized carbons (Fsp3) is 0.429. The van der Waals surface area contributed by atoms with E-state index >= 15 is 0 Å². The molecule has 2 nitrogen and oxygen atoms in total. The molecule has 1 aliphatic rings. The summed E-state index contributed by atoms with van der Waals surface area (Å²) in [6, 6.07) is 9.36. The molecule has 92 valence electrons. The van der Waals surface area contributed by atoms with E-state index in [0.29, 0.717) is 0 Å². The molecule has 3 heteroatoms. The van der Waals surface area contributed by atoms with E-state index in [9.17, 15) is 0 Å². The van der Waals surface area contributed by atoms with Gasteiger partial charge in [-0.3, -0.25) is 0 Å². The summed E-state index contributed by atoms with van der Waals surface area (Å²) in [6.07, 6.45) is 4.68. The summed E-state index contributed by atoms with van der Waals surface area (Å²) in [4.78, 5) is 3.32. The molecule has 1 fully saturated rings. The van der Waals surface area contributed by atoms with Gasteiger partial charge in [-0.05, 0) is 35.8 Å². The Bertz CT molecular complexity index is 486. The average Bonchev–Trinajstić information content (AvgIpc) is 2.71. The van der Waals surface area contributed by atoms with Crippen LogP contribution in [0.2, 0.25) is 0 Å². The van der Waals surface area contributed by atoms with Crippen LogP contribution in [0.25, 0.3) is 10.9 Å². The zero-order valence-electron chi connectivity index (χ0n) is 10.1. The second kappa shape index (κ2) is 5.11. The van der Waals surface area contributed by atoms with Gasteiger partial charge in [0.2, 0.25) is 0 Å². The quantitative estimate of drug-likeness (QED) is 0.858. The molecule has 0 unspecified atom stereocenters. The van der Waals surface area contributed by atoms with E-state index in [0.717, 1.165) is 18.5 Å². The highest BCUT2D eigenvalue weighted by molar-refractivity contribution is 5.85. The van der Waals surface area contributed by atoms with Gasteiger partial charge >= 0.3 is 0 Å². The molecule has 0 aliphatic heterocycles. The first-order chi connectivity index (χ1) is 7.83. The lowest BCUT2D eigenvalue weighted by molar-refractivity contribution is 0.240. The highest BCUT2D eigenvalue weighted by Crippen LogP contribution is 2.27. The highest BCUT2D eigenvalue weighted by Gasteiger charge is 2.24. The van der Waals surface area contributed by atoms with Crippen LogP contribution in [0.4, 0.5) is 0 Å². The number of para-hydroxylation sites is 1. The third-order valence-corrected chi connectivity index (χ3v) is 3.63. The molecule has 17 heavy (non-hydrogen) atoms. The zero-order valence-corrected chi connectivity index (χ0v) is 10.9. The van der Waals surface area contributed by atoms with E-state index in [4.69, 9.17) is 0 Å². The van der Waals surface area contributed by atoms with Crippen molar-refractivity contribution < 1.29 is 0 Å². The van der Waals surface area contributed by atoms with Gasteiger partial charge < -0.3 is 10.3 Å². The Kier molecular flexibility index (Phi) is 3.75. The predicted molar refractivity (Wildman–Crippen MR) is 74.6 cm³/mol. The molecule has 0 bridgehead atoms. The van der Waals surface area contributed by atoms with Crippen molar-refractivity contribution in [2.24, 2.45) is 5.92 Å². The lowest BCUT2D eigenvalue weighted by Crippen LogP contribution is -2.39. The van der Waals surface area contributed by atoms with Gasteiger partial charge in [-0.25, -0.2) is 0 Å². The first kappa shape index (κ1) is 12.5. The number of hydrogen-bond donors (Lipinski definition) is 2. The third kappa shape index (κ3) is 2.48. The maximum Gasteiger partial charge on any atom is 0.0499 e. The van der Waals surface area contributed by atoms with Gasteiger partial charge in [-0.1, -0.05) is 25.1 Å². The van der Waals surface area contributed by atoms with Crippen LogP contribution in [0.3, 0.4) is 0 Å². The van der Waals surface area contributed by atoms with Crippen molar-refractivity contribution in [3.05, 3.63) is 36.0 Å². The number of H-pyrrole nitrogens is 1. The smallest absolute Gasteiger partial charge is 0.0499 e.